The molecule has 0 aliphatic heterocycles. The van der Waals surface area contributed by atoms with Gasteiger partial charge in [0.15, 0.2) is 0 Å². The molecule has 3 rings (SSSR count). The fraction of sp³-hybridized carbons (Fsp3) is 0.333. The smallest absolute Gasteiger partial charge is 0.223 e. The number of nitrogens with one attached hydrogen (secondary N) is 1. The molecule has 0 spiro atoms. The number of hydrogen-bond donors (Lipinski definition) is 1. The van der Waals surface area contributed by atoms with E-state index in [1.54, 1.807) is 18.0 Å². The van der Waals surface area contributed by atoms with Crippen molar-refractivity contribution in [3.05, 3.63) is 40.0 Å². The zero-order chi connectivity index (χ0) is 13.9. The van der Waals surface area contributed by atoms with Gasteiger partial charge in [0.05, 0.1) is 4.47 Å². The Balaban J connectivity index is 1.85. The molecule has 1 aromatic heterocycles. The second-order valence-electron chi connectivity index (χ2n) is 4.76. The van der Waals surface area contributed by atoms with E-state index in [1.165, 1.54) is 35.3 Å². The Morgan fingerprint density at radius 3 is 3.00 bits per heavy atom. The molecule has 20 heavy (non-hydrogen) atoms. The maximum Gasteiger partial charge on any atom is 0.223 e. The van der Waals surface area contributed by atoms with Gasteiger partial charge in [-0.2, -0.15) is 0 Å². The van der Waals surface area contributed by atoms with Crippen LogP contribution in [0.3, 0.4) is 0 Å². The van der Waals surface area contributed by atoms with Gasteiger partial charge in [-0.25, -0.2) is 9.97 Å². The summed E-state index contributed by atoms with van der Waals surface area (Å²) in [5.41, 5.74) is 3.00. The van der Waals surface area contributed by atoms with E-state index in [-0.39, 0.29) is 0 Å². The molecular formula is C15H16BrN3S. The van der Waals surface area contributed by atoms with Crippen LogP contribution >= 0.6 is 27.7 Å². The van der Waals surface area contributed by atoms with Crippen LogP contribution in [-0.2, 0) is 12.8 Å². The monoisotopic (exact) mass is 349 g/mol. The van der Waals surface area contributed by atoms with E-state index < -0.39 is 0 Å². The lowest BCUT2D eigenvalue weighted by molar-refractivity contribution is 0.911. The lowest BCUT2D eigenvalue weighted by Crippen LogP contribution is -2.02. The minimum absolute atomic E-state index is 0.680. The Morgan fingerprint density at radius 1 is 1.30 bits per heavy atom. The van der Waals surface area contributed by atoms with Gasteiger partial charge in [-0.1, -0.05) is 17.8 Å². The first-order valence-electron chi connectivity index (χ1n) is 6.82. The SMILES string of the molecule is CCNc1ncc(Br)c(Sc2ccc3c(c2)CCC3)n1. The minimum atomic E-state index is 0.680. The molecule has 1 heterocycles. The van der Waals surface area contributed by atoms with Crippen molar-refractivity contribution in [3.63, 3.8) is 0 Å². The van der Waals surface area contributed by atoms with E-state index in [4.69, 9.17) is 0 Å². The number of aromatic nitrogens is 2. The van der Waals surface area contributed by atoms with Crippen molar-refractivity contribution in [2.45, 2.75) is 36.1 Å². The maximum atomic E-state index is 4.54. The largest absolute Gasteiger partial charge is 0.354 e. The average Bonchev–Trinajstić information content (AvgIpc) is 2.90. The Morgan fingerprint density at radius 2 is 2.15 bits per heavy atom. The predicted molar refractivity (Wildman–Crippen MR) is 86.5 cm³/mol. The van der Waals surface area contributed by atoms with Gasteiger partial charge in [0.25, 0.3) is 0 Å². The summed E-state index contributed by atoms with van der Waals surface area (Å²) < 4.78 is 0.935. The standard InChI is InChI=1S/C15H16BrN3S/c1-2-17-15-18-9-13(16)14(19-15)20-12-7-6-10-4-3-5-11(10)8-12/h6-9H,2-5H2,1H3,(H,17,18,19). The van der Waals surface area contributed by atoms with E-state index in [2.05, 4.69) is 49.4 Å². The topological polar surface area (TPSA) is 37.8 Å². The molecule has 1 aromatic carbocycles. The van der Waals surface area contributed by atoms with Gasteiger partial charge >= 0.3 is 0 Å². The van der Waals surface area contributed by atoms with Crippen LogP contribution in [0.4, 0.5) is 5.95 Å². The summed E-state index contributed by atoms with van der Waals surface area (Å²) in [4.78, 5) is 10.0. The van der Waals surface area contributed by atoms with Crippen LogP contribution in [0, 0.1) is 0 Å². The number of nitrogens with zero attached hydrogens (tertiary/aromatic N) is 2. The number of rotatable bonds is 4. The average molecular weight is 350 g/mol. The van der Waals surface area contributed by atoms with Crippen LogP contribution in [0.5, 0.6) is 0 Å². The lowest BCUT2D eigenvalue weighted by atomic mass is 10.1. The highest BCUT2D eigenvalue weighted by Crippen LogP contribution is 2.34. The fourth-order valence-electron chi connectivity index (χ4n) is 2.39. The van der Waals surface area contributed by atoms with Gasteiger partial charge < -0.3 is 5.32 Å². The molecule has 5 heteroatoms. The van der Waals surface area contributed by atoms with Crippen LogP contribution in [0.1, 0.15) is 24.5 Å². The number of benzene rings is 1. The number of halogens is 1. The van der Waals surface area contributed by atoms with Crippen LogP contribution in [0.2, 0.25) is 0 Å². The summed E-state index contributed by atoms with van der Waals surface area (Å²) in [6.07, 6.45) is 5.52. The highest BCUT2D eigenvalue weighted by Gasteiger charge is 2.13. The van der Waals surface area contributed by atoms with E-state index >= 15 is 0 Å². The first-order chi connectivity index (χ1) is 9.76. The summed E-state index contributed by atoms with van der Waals surface area (Å²) in [5.74, 6) is 0.680. The van der Waals surface area contributed by atoms with Gasteiger partial charge in [-0.05, 0) is 65.4 Å². The molecule has 0 radical (unpaired) electrons. The van der Waals surface area contributed by atoms with E-state index in [9.17, 15) is 0 Å². The molecule has 0 bridgehead atoms. The molecule has 104 valence electrons. The third kappa shape index (κ3) is 2.99. The Labute approximate surface area is 131 Å². The molecule has 2 aromatic rings. The first-order valence-corrected chi connectivity index (χ1v) is 8.43. The quantitative estimate of drug-likeness (QED) is 0.834. The summed E-state index contributed by atoms with van der Waals surface area (Å²) in [6.45, 7) is 2.86. The summed E-state index contributed by atoms with van der Waals surface area (Å²) >= 11 is 5.21. The molecular weight excluding hydrogens is 334 g/mol. The van der Waals surface area contributed by atoms with Crippen LogP contribution in [0.15, 0.2) is 38.8 Å². The molecule has 3 nitrogen and oxygen atoms in total. The molecule has 0 saturated heterocycles. The van der Waals surface area contributed by atoms with Crippen LogP contribution in [-0.4, -0.2) is 16.5 Å². The second kappa shape index (κ2) is 6.14. The molecule has 1 aliphatic carbocycles. The molecule has 0 saturated carbocycles. The van der Waals surface area contributed by atoms with Crippen molar-refractivity contribution in [1.82, 2.24) is 9.97 Å². The third-order valence-electron chi connectivity index (χ3n) is 3.33. The second-order valence-corrected chi connectivity index (χ2v) is 6.68. The summed E-state index contributed by atoms with van der Waals surface area (Å²) in [5, 5.41) is 4.10. The van der Waals surface area contributed by atoms with Crippen molar-refractivity contribution in [2.75, 3.05) is 11.9 Å². The fourth-order valence-corrected chi connectivity index (χ4v) is 3.67. The number of hydrogen-bond acceptors (Lipinski definition) is 4. The number of aryl methyl sites for hydroxylation is 2. The third-order valence-corrected chi connectivity index (χ3v) is 5.17. The normalized spacial score (nSPS) is 13.3. The van der Waals surface area contributed by atoms with Gasteiger partial charge in [0, 0.05) is 17.6 Å². The number of anilines is 1. The molecule has 1 aliphatic rings. The number of fused-ring (bicyclic) bond motifs is 1. The van der Waals surface area contributed by atoms with Gasteiger partial charge in [-0.15, -0.1) is 0 Å². The van der Waals surface area contributed by atoms with Gasteiger partial charge in [0.1, 0.15) is 5.03 Å². The maximum absolute atomic E-state index is 4.54. The zero-order valence-corrected chi connectivity index (χ0v) is 13.7. The van der Waals surface area contributed by atoms with Crippen molar-refractivity contribution in [3.8, 4) is 0 Å². The van der Waals surface area contributed by atoms with Gasteiger partial charge in [0.2, 0.25) is 5.95 Å². The summed E-state index contributed by atoms with van der Waals surface area (Å²) in [6, 6.07) is 6.75. The molecule has 0 fully saturated rings. The predicted octanol–water partition coefficient (Wildman–Crippen LogP) is 4.31. The van der Waals surface area contributed by atoms with Gasteiger partial charge in [-0.3, -0.25) is 0 Å². The molecule has 1 N–H and O–H groups in total. The van der Waals surface area contributed by atoms with Crippen molar-refractivity contribution in [1.29, 1.82) is 0 Å². The Bertz CT molecular complexity index is 631. The highest BCUT2D eigenvalue weighted by atomic mass is 79.9. The zero-order valence-electron chi connectivity index (χ0n) is 11.3. The molecule has 0 atom stereocenters. The Kier molecular flexibility index (Phi) is 4.27. The van der Waals surface area contributed by atoms with Crippen LogP contribution < -0.4 is 5.32 Å². The van der Waals surface area contributed by atoms with E-state index in [1.807, 2.05) is 6.92 Å². The van der Waals surface area contributed by atoms with Crippen LogP contribution in [0.25, 0.3) is 0 Å². The molecule has 0 unspecified atom stereocenters. The van der Waals surface area contributed by atoms with E-state index in [0.717, 1.165) is 16.0 Å². The molecule has 0 amide bonds. The lowest BCUT2D eigenvalue weighted by Gasteiger charge is -2.08. The summed E-state index contributed by atoms with van der Waals surface area (Å²) in [7, 11) is 0. The minimum Gasteiger partial charge on any atom is -0.354 e. The van der Waals surface area contributed by atoms with Crippen molar-refractivity contribution in [2.24, 2.45) is 0 Å². The highest BCUT2D eigenvalue weighted by molar-refractivity contribution is 9.10. The first kappa shape index (κ1) is 13.9. The van der Waals surface area contributed by atoms with Crippen molar-refractivity contribution >= 4 is 33.6 Å². The Hall–Kier alpha value is -1.07. The van der Waals surface area contributed by atoms with E-state index in [0.29, 0.717) is 5.95 Å². The van der Waals surface area contributed by atoms with Crippen molar-refractivity contribution < 1.29 is 0 Å².